The molecule has 1 amide bonds. The number of amides is 1. The molecule has 0 bridgehead atoms. The van der Waals surface area contributed by atoms with Crippen molar-refractivity contribution in [3.63, 3.8) is 0 Å². The number of nitrogens with one attached hydrogen (secondary N) is 1. The molecule has 28 heavy (non-hydrogen) atoms. The molecular weight excluding hydrogens is 403 g/mol. The molecule has 0 aliphatic heterocycles. The highest BCUT2D eigenvalue weighted by molar-refractivity contribution is 6.32. The Bertz CT molecular complexity index is 918. The quantitative estimate of drug-likeness (QED) is 0.727. The smallest absolute Gasteiger partial charge is 0.436 e. The first-order chi connectivity index (χ1) is 13.1. The molecule has 0 radical (unpaired) electrons. The van der Waals surface area contributed by atoms with Crippen molar-refractivity contribution in [2.45, 2.75) is 38.4 Å². The van der Waals surface area contributed by atoms with Gasteiger partial charge in [-0.15, -0.1) is 0 Å². The van der Waals surface area contributed by atoms with E-state index in [9.17, 15) is 22.8 Å². The van der Waals surface area contributed by atoms with Crippen LogP contribution in [0.25, 0.3) is 0 Å². The highest BCUT2D eigenvalue weighted by atomic mass is 35.5. The molecule has 1 aliphatic rings. The maximum Gasteiger partial charge on any atom is 0.436 e. The fourth-order valence-electron chi connectivity index (χ4n) is 2.75. The Balaban J connectivity index is 1.83. The van der Waals surface area contributed by atoms with Crippen LogP contribution in [0, 0.1) is 0 Å². The lowest BCUT2D eigenvalue weighted by Gasteiger charge is -2.10. The van der Waals surface area contributed by atoms with Crippen LogP contribution >= 0.6 is 11.6 Å². The van der Waals surface area contributed by atoms with Gasteiger partial charge in [-0.25, -0.2) is 4.79 Å². The number of aryl methyl sites for hydroxylation is 1. The Morgan fingerprint density at radius 2 is 2.07 bits per heavy atom. The van der Waals surface area contributed by atoms with Crippen LogP contribution in [-0.2, 0) is 29.3 Å². The molecule has 3 rings (SSSR count). The van der Waals surface area contributed by atoms with Gasteiger partial charge in [-0.1, -0.05) is 11.6 Å². The van der Waals surface area contributed by atoms with Crippen molar-refractivity contribution in [1.29, 1.82) is 0 Å². The van der Waals surface area contributed by atoms with E-state index in [0.717, 1.165) is 4.68 Å². The minimum Gasteiger partial charge on any atom is -0.462 e. The van der Waals surface area contributed by atoms with Gasteiger partial charge in [0.2, 0.25) is 5.91 Å². The van der Waals surface area contributed by atoms with Crippen molar-refractivity contribution in [2.75, 3.05) is 11.9 Å². The molecule has 2 aromatic heterocycles. The van der Waals surface area contributed by atoms with E-state index in [4.69, 9.17) is 16.3 Å². The number of aromatic nitrogens is 4. The van der Waals surface area contributed by atoms with Gasteiger partial charge in [0.15, 0.2) is 5.69 Å². The number of nitrogens with zero attached hydrogens (tertiary/aromatic N) is 4. The summed E-state index contributed by atoms with van der Waals surface area (Å²) in [6, 6.07) is 0. The number of carbonyl (C=O) groups is 2. The summed E-state index contributed by atoms with van der Waals surface area (Å²) in [5.41, 5.74) is -0.981. The number of hydrogen-bond donors (Lipinski definition) is 1. The third-order valence-corrected chi connectivity index (χ3v) is 4.52. The summed E-state index contributed by atoms with van der Waals surface area (Å²) in [4.78, 5) is 24.4. The average molecular weight is 420 g/mol. The molecule has 0 saturated heterocycles. The number of halogens is 4. The molecule has 12 heteroatoms. The van der Waals surface area contributed by atoms with Crippen molar-refractivity contribution >= 4 is 29.3 Å². The standard InChI is InChI=1S/C16H17ClF3N5O3/c1-3-28-15(27)9-6-21-24(2)14(9)22-10(26)7-25-12(8-4-5-8)11(17)13(23-25)16(18,19)20/h6,8H,3-5,7H2,1-2H3,(H,22,26). The average Bonchev–Trinajstić information content (AvgIpc) is 3.28. The first kappa shape index (κ1) is 20.2. The Hall–Kier alpha value is -2.56. The fraction of sp³-hybridized carbons (Fsp3) is 0.500. The van der Waals surface area contributed by atoms with Crippen LogP contribution in [0.1, 0.15) is 47.4 Å². The van der Waals surface area contributed by atoms with Crippen molar-refractivity contribution in [1.82, 2.24) is 19.6 Å². The number of ether oxygens (including phenoxy) is 1. The number of anilines is 1. The minimum atomic E-state index is -4.72. The highest BCUT2D eigenvalue weighted by Crippen LogP contribution is 2.46. The van der Waals surface area contributed by atoms with E-state index in [1.165, 1.54) is 17.9 Å². The lowest BCUT2D eigenvalue weighted by atomic mass is 10.2. The van der Waals surface area contributed by atoms with Crippen LogP contribution in [0.5, 0.6) is 0 Å². The summed E-state index contributed by atoms with van der Waals surface area (Å²) in [5.74, 6) is -1.43. The highest BCUT2D eigenvalue weighted by Gasteiger charge is 2.42. The van der Waals surface area contributed by atoms with E-state index >= 15 is 0 Å². The SMILES string of the molecule is CCOC(=O)c1cnn(C)c1NC(=O)Cn1nc(C(F)(F)F)c(Cl)c1C1CC1. The van der Waals surface area contributed by atoms with Gasteiger partial charge < -0.3 is 10.1 Å². The van der Waals surface area contributed by atoms with Crippen LogP contribution in [0.2, 0.25) is 5.02 Å². The van der Waals surface area contributed by atoms with E-state index in [0.29, 0.717) is 12.8 Å². The van der Waals surface area contributed by atoms with Gasteiger partial charge in [0.05, 0.1) is 23.5 Å². The van der Waals surface area contributed by atoms with Gasteiger partial charge in [0.1, 0.15) is 17.9 Å². The van der Waals surface area contributed by atoms with Gasteiger partial charge >= 0.3 is 12.1 Å². The molecule has 8 nitrogen and oxygen atoms in total. The van der Waals surface area contributed by atoms with Crippen LogP contribution in [0.4, 0.5) is 19.0 Å². The Labute approximate surface area is 162 Å². The minimum absolute atomic E-state index is 0.0367. The van der Waals surface area contributed by atoms with Crippen LogP contribution in [0.3, 0.4) is 0 Å². The summed E-state index contributed by atoms with van der Waals surface area (Å²) in [5, 5.41) is 9.40. The third kappa shape index (κ3) is 3.98. The summed E-state index contributed by atoms with van der Waals surface area (Å²) >= 11 is 5.89. The Morgan fingerprint density at radius 3 is 2.64 bits per heavy atom. The molecular formula is C16H17ClF3N5O3. The monoisotopic (exact) mass is 419 g/mol. The number of alkyl halides is 3. The molecule has 0 atom stereocenters. The summed E-state index contributed by atoms with van der Waals surface area (Å²) < 4.78 is 46.5. The molecule has 2 heterocycles. The summed E-state index contributed by atoms with van der Waals surface area (Å²) in [7, 11) is 1.50. The van der Waals surface area contributed by atoms with E-state index in [-0.39, 0.29) is 29.6 Å². The van der Waals surface area contributed by atoms with E-state index in [2.05, 4.69) is 15.5 Å². The lowest BCUT2D eigenvalue weighted by Crippen LogP contribution is -2.23. The fourth-order valence-corrected chi connectivity index (χ4v) is 3.15. The molecule has 0 spiro atoms. The van der Waals surface area contributed by atoms with Crippen LogP contribution in [0.15, 0.2) is 6.20 Å². The second-order valence-corrected chi connectivity index (χ2v) is 6.65. The van der Waals surface area contributed by atoms with Crippen molar-refractivity contribution < 1.29 is 27.5 Å². The molecule has 0 unspecified atom stereocenters. The zero-order valence-corrected chi connectivity index (χ0v) is 15.8. The van der Waals surface area contributed by atoms with E-state index in [1.807, 2.05) is 0 Å². The maximum atomic E-state index is 13.1. The molecule has 1 aliphatic carbocycles. The zero-order valence-electron chi connectivity index (χ0n) is 15.0. The first-order valence-corrected chi connectivity index (χ1v) is 8.83. The molecule has 1 N–H and O–H groups in total. The first-order valence-electron chi connectivity index (χ1n) is 8.45. The number of hydrogen-bond acceptors (Lipinski definition) is 5. The second-order valence-electron chi connectivity index (χ2n) is 6.28. The molecule has 1 fully saturated rings. The van der Waals surface area contributed by atoms with Gasteiger partial charge in [0.25, 0.3) is 0 Å². The Kier molecular flexibility index (Phi) is 5.37. The van der Waals surface area contributed by atoms with Crippen LogP contribution in [-0.4, -0.2) is 38.0 Å². The van der Waals surface area contributed by atoms with Gasteiger partial charge in [-0.05, 0) is 19.8 Å². The van der Waals surface area contributed by atoms with Crippen molar-refractivity contribution in [2.24, 2.45) is 7.05 Å². The summed E-state index contributed by atoms with van der Waals surface area (Å²) in [6.07, 6.45) is -2.13. The molecule has 152 valence electrons. The van der Waals surface area contributed by atoms with Crippen molar-refractivity contribution in [3.05, 3.63) is 28.2 Å². The van der Waals surface area contributed by atoms with E-state index < -0.39 is 35.3 Å². The predicted octanol–water partition coefficient (Wildman–Crippen LogP) is 2.98. The summed E-state index contributed by atoms with van der Waals surface area (Å²) in [6.45, 7) is 1.28. The van der Waals surface area contributed by atoms with Crippen molar-refractivity contribution in [3.8, 4) is 0 Å². The van der Waals surface area contributed by atoms with Gasteiger partial charge in [0, 0.05) is 13.0 Å². The molecule has 0 aromatic carbocycles. The van der Waals surface area contributed by atoms with Gasteiger partial charge in [-0.3, -0.25) is 14.2 Å². The largest absolute Gasteiger partial charge is 0.462 e. The Morgan fingerprint density at radius 1 is 1.39 bits per heavy atom. The lowest BCUT2D eigenvalue weighted by molar-refractivity contribution is -0.141. The topological polar surface area (TPSA) is 91.0 Å². The maximum absolute atomic E-state index is 13.1. The second kappa shape index (κ2) is 7.46. The molecule has 2 aromatic rings. The predicted molar refractivity (Wildman–Crippen MR) is 92.0 cm³/mol. The zero-order chi connectivity index (χ0) is 20.6. The number of carbonyl (C=O) groups excluding carboxylic acids is 2. The number of rotatable bonds is 6. The number of esters is 1. The molecule has 1 saturated carbocycles. The normalized spacial score (nSPS) is 14.2. The van der Waals surface area contributed by atoms with Crippen LogP contribution < -0.4 is 5.32 Å². The van der Waals surface area contributed by atoms with Gasteiger partial charge in [-0.2, -0.15) is 23.4 Å². The third-order valence-electron chi connectivity index (χ3n) is 4.15. The van der Waals surface area contributed by atoms with E-state index in [1.54, 1.807) is 6.92 Å².